The second-order valence-electron chi connectivity index (χ2n) is 4.27. The molecule has 0 saturated heterocycles. The van der Waals surface area contributed by atoms with Gasteiger partial charge in [-0.15, -0.1) is 0 Å². The lowest BCUT2D eigenvalue weighted by Crippen LogP contribution is -2.34. The molecule has 0 amide bonds. The largest absolute Gasteiger partial charge is 0.487 e. The van der Waals surface area contributed by atoms with Crippen LogP contribution in [0.15, 0.2) is 18.2 Å². The molecule has 21 heavy (non-hydrogen) atoms. The second kappa shape index (κ2) is 8.16. The second-order valence-corrected chi connectivity index (χ2v) is 4.27. The zero-order valence-electron chi connectivity index (χ0n) is 11.4. The predicted molar refractivity (Wildman–Crippen MR) is 67.5 cm³/mol. The maximum absolute atomic E-state index is 13.6. The van der Waals surface area contributed by atoms with E-state index in [9.17, 15) is 17.6 Å². The summed E-state index contributed by atoms with van der Waals surface area (Å²) in [6, 6.07) is 4.03. The van der Waals surface area contributed by atoms with E-state index in [1.54, 1.807) is 0 Å². The summed E-state index contributed by atoms with van der Waals surface area (Å²) in [6.07, 6.45) is -7.46. The van der Waals surface area contributed by atoms with E-state index in [0.29, 0.717) is 18.7 Å². The SMILES string of the molecule is COCCNCc1cccc(F)c1OCC(O)C(F)(F)F. The molecule has 1 aromatic rings. The van der Waals surface area contributed by atoms with Gasteiger partial charge in [0.1, 0.15) is 6.61 Å². The number of hydrogen-bond donors (Lipinski definition) is 2. The van der Waals surface area contributed by atoms with Gasteiger partial charge in [0.2, 0.25) is 0 Å². The Hall–Kier alpha value is -1.38. The van der Waals surface area contributed by atoms with Gasteiger partial charge in [0.05, 0.1) is 6.61 Å². The average molecular weight is 311 g/mol. The summed E-state index contributed by atoms with van der Waals surface area (Å²) in [6.45, 7) is 0.0873. The van der Waals surface area contributed by atoms with Gasteiger partial charge < -0.3 is 19.9 Å². The van der Waals surface area contributed by atoms with Crippen LogP contribution >= 0.6 is 0 Å². The van der Waals surface area contributed by atoms with Crippen molar-refractivity contribution in [2.45, 2.75) is 18.8 Å². The number of benzene rings is 1. The van der Waals surface area contributed by atoms with Gasteiger partial charge in [-0.1, -0.05) is 12.1 Å². The van der Waals surface area contributed by atoms with Gasteiger partial charge in [-0.25, -0.2) is 4.39 Å². The van der Waals surface area contributed by atoms with Gasteiger partial charge in [0, 0.05) is 25.8 Å². The van der Waals surface area contributed by atoms with Crippen molar-refractivity contribution in [3.8, 4) is 5.75 Å². The maximum Gasteiger partial charge on any atom is 0.417 e. The number of halogens is 4. The highest BCUT2D eigenvalue weighted by atomic mass is 19.4. The summed E-state index contributed by atoms with van der Waals surface area (Å²) < 4.78 is 59.8. The van der Waals surface area contributed by atoms with Crippen molar-refractivity contribution in [1.29, 1.82) is 0 Å². The van der Waals surface area contributed by atoms with Gasteiger partial charge >= 0.3 is 6.18 Å². The molecule has 0 aliphatic heterocycles. The smallest absolute Gasteiger partial charge is 0.417 e. The number of alkyl halides is 3. The highest BCUT2D eigenvalue weighted by Gasteiger charge is 2.39. The number of aliphatic hydroxyl groups excluding tert-OH is 1. The molecule has 0 spiro atoms. The van der Waals surface area contributed by atoms with Gasteiger partial charge in [-0.05, 0) is 6.07 Å². The molecule has 0 bridgehead atoms. The van der Waals surface area contributed by atoms with Gasteiger partial charge in [0.25, 0.3) is 0 Å². The molecule has 0 aliphatic rings. The summed E-state index contributed by atoms with van der Waals surface area (Å²) in [5.41, 5.74) is 0.362. The van der Waals surface area contributed by atoms with Crippen LogP contribution in [0.5, 0.6) is 5.75 Å². The van der Waals surface area contributed by atoms with E-state index in [2.05, 4.69) is 5.32 Å². The molecule has 1 unspecified atom stereocenters. The van der Waals surface area contributed by atoms with Gasteiger partial charge in [-0.2, -0.15) is 13.2 Å². The van der Waals surface area contributed by atoms with E-state index in [0.717, 1.165) is 6.07 Å². The van der Waals surface area contributed by atoms with Gasteiger partial charge in [0.15, 0.2) is 17.7 Å². The molecular weight excluding hydrogens is 294 g/mol. The maximum atomic E-state index is 13.6. The van der Waals surface area contributed by atoms with Crippen LogP contribution in [-0.2, 0) is 11.3 Å². The van der Waals surface area contributed by atoms with Crippen LogP contribution in [0.25, 0.3) is 0 Å². The average Bonchev–Trinajstić information content (AvgIpc) is 2.41. The van der Waals surface area contributed by atoms with Crippen LogP contribution in [-0.4, -0.2) is 44.3 Å². The molecule has 0 aliphatic carbocycles. The number of nitrogens with one attached hydrogen (secondary N) is 1. The van der Waals surface area contributed by atoms with E-state index in [1.807, 2.05) is 0 Å². The Morgan fingerprint density at radius 1 is 1.33 bits per heavy atom. The van der Waals surface area contributed by atoms with Gasteiger partial charge in [-0.3, -0.25) is 0 Å². The van der Waals surface area contributed by atoms with Crippen LogP contribution in [0, 0.1) is 5.82 Å². The van der Waals surface area contributed by atoms with Crippen LogP contribution in [0.1, 0.15) is 5.56 Å². The van der Waals surface area contributed by atoms with Crippen LogP contribution in [0.3, 0.4) is 0 Å². The number of hydrogen-bond acceptors (Lipinski definition) is 4. The summed E-state index contributed by atoms with van der Waals surface area (Å²) in [7, 11) is 1.52. The third-order valence-electron chi connectivity index (χ3n) is 2.61. The lowest BCUT2D eigenvalue weighted by Gasteiger charge is -2.17. The van der Waals surface area contributed by atoms with E-state index >= 15 is 0 Å². The standard InChI is InChI=1S/C13H17F4NO3/c1-20-6-5-18-7-9-3-2-4-10(14)12(9)21-8-11(19)13(15,16)17/h2-4,11,18-19H,5-8H2,1H3. The fraction of sp³-hybridized carbons (Fsp3) is 0.538. The molecule has 0 heterocycles. The van der Waals surface area contributed by atoms with Crippen molar-refractivity contribution < 1.29 is 32.1 Å². The Labute approximate surface area is 119 Å². The quantitative estimate of drug-likeness (QED) is 0.568. The predicted octanol–water partition coefficient (Wildman–Crippen LogP) is 1.86. The van der Waals surface area contributed by atoms with E-state index in [-0.39, 0.29) is 12.3 Å². The molecule has 1 aromatic carbocycles. The molecule has 0 fully saturated rings. The highest BCUT2D eigenvalue weighted by molar-refractivity contribution is 5.35. The molecule has 1 rings (SSSR count). The van der Waals surface area contributed by atoms with Crippen molar-refractivity contribution in [2.75, 3.05) is 26.9 Å². The van der Waals surface area contributed by atoms with E-state index in [1.165, 1.54) is 19.2 Å². The monoisotopic (exact) mass is 311 g/mol. The Morgan fingerprint density at radius 2 is 2.05 bits per heavy atom. The molecule has 0 radical (unpaired) electrons. The Balaban J connectivity index is 2.67. The zero-order chi connectivity index (χ0) is 15.9. The summed E-state index contributed by atoms with van der Waals surface area (Å²) in [5.74, 6) is -1.08. The molecular formula is C13H17F4NO3. The molecule has 8 heteroatoms. The Bertz CT molecular complexity index is 440. The first-order valence-corrected chi connectivity index (χ1v) is 6.21. The minimum Gasteiger partial charge on any atom is -0.487 e. The van der Waals surface area contributed by atoms with Crippen LogP contribution in [0.4, 0.5) is 17.6 Å². The minimum atomic E-state index is -4.80. The number of aliphatic hydroxyl groups is 1. The summed E-state index contributed by atoms with van der Waals surface area (Å²) >= 11 is 0. The zero-order valence-corrected chi connectivity index (χ0v) is 11.4. The van der Waals surface area contributed by atoms with Crippen molar-refractivity contribution in [1.82, 2.24) is 5.32 Å². The first-order chi connectivity index (χ1) is 9.86. The molecule has 4 nitrogen and oxygen atoms in total. The number of ether oxygens (including phenoxy) is 2. The van der Waals surface area contributed by atoms with Crippen molar-refractivity contribution in [3.63, 3.8) is 0 Å². The fourth-order valence-corrected chi connectivity index (χ4v) is 1.51. The normalized spacial score (nSPS) is 13.2. The minimum absolute atomic E-state index is 0.207. The number of methoxy groups -OCH3 is 1. The van der Waals surface area contributed by atoms with Crippen LogP contribution in [0.2, 0.25) is 0 Å². The molecule has 120 valence electrons. The summed E-state index contributed by atoms with van der Waals surface area (Å²) in [5, 5.41) is 11.8. The first-order valence-electron chi connectivity index (χ1n) is 6.21. The lowest BCUT2D eigenvalue weighted by molar-refractivity contribution is -0.210. The lowest BCUT2D eigenvalue weighted by atomic mass is 10.2. The third kappa shape index (κ3) is 5.86. The highest BCUT2D eigenvalue weighted by Crippen LogP contribution is 2.25. The summed E-state index contributed by atoms with van der Waals surface area (Å²) in [4.78, 5) is 0. The molecule has 0 aromatic heterocycles. The Kier molecular flexibility index (Phi) is 6.86. The number of para-hydroxylation sites is 1. The van der Waals surface area contributed by atoms with Crippen molar-refractivity contribution in [3.05, 3.63) is 29.6 Å². The topological polar surface area (TPSA) is 50.7 Å². The fourth-order valence-electron chi connectivity index (χ4n) is 1.51. The van der Waals surface area contributed by atoms with Crippen molar-refractivity contribution >= 4 is 0 Å². The molecule has 2 N–H and O–H groups in total. The number of rotatable bonds is 8. The van der Waals surface area contributed by atoms with Crippen molar-refractivity contribution in [2.24, 2.45) is 0 Å². The van der Waals surface area contributed by atoms with E-state index in [4.69, 9.17) is 14.6 Å². The molecule has 0 saturated carbocycles. The van der Waals surface area contributed by atoms with Crippen LogP contribution < -0.4 is 10.1 Å². The molecule has 1 atom stereocenters. The third-order valence-corrected chi connectivity index (χ3v) is 2.61. The Morgan fingerprint density at radius 3 is 2.67 bits per heavy atom. The van der Waals surface area contributed by atoms with E-state index < -0.39 is 24.7 Å². The first kappa shape index (κ1) is 17.7.